The van der Waals surface area contributed by atoms with Crippen LogP contribution >= 0.6 is 0 Å². The lowest BCUT2D eigenvalue weighted by Gasteiger charge is -2.13. The Morgan fingerprint density at radius 3 is 2.91 bits per heavy atom. The molecular formula is C25H24N8O. The number of nitrogen functional groups attached to an aromatic ring is 1. The molecule has 1 aromatic carbocycles. The molecule has 9 nitrogen and oxygen atoms in total. The summed E-state index contributed by atoms with van der Waals surface area (Å²) >= 11 is 0. The van der Waals surface area contributed by atoms with Crippen molar-refractivity contribution in [3.8, 4) is 22.9 Å². The Bertz CT molecular complexity index is 1520. The first-order valence-corrected chi connectivity index (χ1v) is 11.1. The summed E-state index contributed by atoms with van der Waals surface area (Å²) in [6, 6.07) is 14.1. The smallest absolute Gasteiger partial charge is 0.167 e. The van der Waals surface area contributed by atoms with Gasteiger partial charge in [0.15, 0.2) is 17.3 Å². The number of aromatic nitrogens is 6. The van der Waals surface area contributed by atoms with E-state index in [2.05, 4.69) is 28.3 Å². The summed E-state index contributed by atoms with van der Waals surface area (Å²) in [6.07, 6.45) is 7.27. The van der Waals surface area contributed by atoms with Crippen LogP contribution in [0.15, 0.2) is 61.1 Å². The van der Waals surface area contributed by atoms with Crippen LogP contribution in [0.25, 0.3) is 34.1 Å². The van der Waals surface area contributed by atoms with E-state index in [0.717, 1.165) is 35.2 Å². The summed E-state index contributed by atoms with van der Waals surface area (Å²) in [5.74, 6) is 1.79. The van der Waals surface area contributed by atoms with E-state index >= 15 is 0 Å². The predicted molar refractivity (Wildman–Crippen MR) is 130 cm³/mol. The molecule has 4 N–H and O–H groups in total. The van der Waals surface area contributed by atoms with Crippen LogP contribution in [0.3, 0.4) is 0 Å². The topological polar surface area (TPSA) is 123 Å². The van der Waals surface area contributed by atoms with Crippen molar-refractivity contribution in [2.24, 2.45) is 5.73 Å². The number of nitrogens with zero attached hydrogens (tertiary/aromatic N) is 6. The third kappa shape index (κ3) is 3.33. The van der Waals surface area contributed by atoms with Gasteiger partial charge in [0.05, 0.1) is 18.4 Å². The Hall–Kier alpha value is -4.08. The molecule has 170 valence electrons. The fourth-order valence-electron chi connectivity index (χ4n) is 4.61. The lowest BCUT2D eigenvalue weighted by atomic mass is 10.1. The van der Waals surface area contributed by atoms with Gasteiger partial charge in [-0.2, -0.15) is 5.10 Å². The summed E-state index contributed by atoms with van der Waals surface area (Å²) < 4.78 is 9.00. The highest BCUT2D eigenvalue weighted by Crippen LogP contribution is 2.34. The molecule has 0 saturated carbocycles. The van der Waals surface area contributed by atoms with E-state index in [1.165, 1.54) is 11.1 Å². The van der Waals surface area contributed by atoms with Crippen molar-refractivity contribution >= 4 is 17.0 Å². The quantitative estimate of drug-likeness (QED) is 0.419. The van der Waals surface area contributed by atoms with Crippen LogP contribution in [-0.4, -0.2) is 36.4 Å². The van der Waals surface area contributed by atoms with Crippen molar-refractivity contribution in [1.82, 2.24) is 29.3 Å². The molecule has 1 aliphatic carbocycles. The minimum atomic E-state index is 0.0860. The average Bonchev–Trinajstić information content (AvgIpc) is 3.56. The molecule has 0 saturated heterocycles. The van der Waals surface area contributed by atoms with Crippen LogP contribution in [0.5, 0.6) is 0 Å². The van der Waals surface area contributed by atoms with Crippen LogP contribution in [-0.2, 0) is 17.8 Å². The maximum absolute atomic E-state index is 6.28. The molecule has 0 amide bonds. The van der Waals surface area contributed by atoms with Gasteiger partial charge in [0.2, 0.25) is 0 Å². The number of pyridine rings is 2. The molecule has 9 heteroatoms. The monoisotopic (exact) mass is 452 g/mol. The van der Waals surface area contributed by atoms with E-state index in [1.807, 2.05) is 35.0 Å². The number of rotatable bonds is 5. The molecule has 1 atom stereocenters. The fraction of sp³-hybridized carbons (Fsp3) is 0.200. The molecule has 4 aromatic heterocycles. The van der Waals surface area contributed by atoms with Gasteiger partial charge in [-0.05, 0) is 60.4 Å². The SMILES string of the molecule is COCc1cnn(-c2ccc3nc(-c4cccnc4N)n(-c4ccc5c(c4)CC[C@@H]5N)c3n2)c1. The van der Waals surface area contributed by atoms with Crippen molar-refractivity contribution in [2.45, 2.75) is 25.5 Å². The first kappa shape index (κ1) is 20.5. The molecule has 6 rings (SSSR count). The highest BCUT2D eigenvalue weighted by Gasteiger charge is 2.23. The number of ether oxygens (including phenoxy) is 1. The molecule has 0 unspecified atom stereocenters. The number of anilines is 1. The van der Waals surface area contributed by atoms with E-state index in [0.29, 0.717) is 29.7 Å². The number of hydrogen-bond acceptors (Lipinski definition) is 7. The Morgan fingerprint density at radius 2 is 2.06 bits per heavy atom. The molecule has 1 aliphatic rings. The van der Waals surface area contributed by atoms with E-state index < -0.39 is 0 Å². The van der Waals surface area contributed by atoms with Crippen molar-refractivity contribution < 1.29 is 4.74 Å². The van der Waals surface area contributed by atoms with E-state index in [9.17, 15) is 0 Å². The molecule has 4 heterocycles. The largest absolute Gasteiger partial charge is 0.383 e. The standard InChI is InChI=1S/C25H24N8O/c1-34-14-15-12-29-32(13-15)22-9-8-21-25(31-22)33(24(30-21)19-3-2-10-28-23(19)27)17-5-6-18-16(11-17)4-7-20(18)26/h2-3,5-6,8-13,20H,4,7,14,26H2,1H3,(H2,27,28)/t20-/m0/s1. The van der Waals surface area contributed by atoms with Gasteiger partial charge in [0.1, 0.15) is 11.3 Å². The molecule has 0 bridgehead atoms. The van der Waals surface area contributed by atoms with E-state index in [4.69, 9.17) is 26.2 Å². The van der Waals surface area contributed by atoms with Crippen LogP contribution in [0.1, 0.15) is 29.2 Å². The Kier molecular flexibility index (Phi) is 4.86. The number of fused-ring (bicyclic) bond motifs is 2. The second kappa shape index (κ2) is 8.05. The number of nitrogens with two attached hydrogens (primary N) is 2. The van der Waals surface area contributed by atoms with Gasteiger partial charge in [-0.15, -0.1) is 0 Å². The molecule has 34 heavy (non-hydrogen) atoms. The summed E-state index contributed by atoms with van der Waals surface area (Å²) in [6.45, 7) is 0.488. The zero-order valence-corrected chi connectivity index (χ0v) is 18.7. The molecule has 0 aliphatic heterocycles. The number of hydrogen-bond donors (Lipinski definition) is 2. The highest BCUT2D eigenvalue weighted by molar-refractivity contribution is 5.83. The van der Waals surface area contributed by atoms with Gasteiger partial charge < -0.3 is 16.2 Å². The van der Waals surface area contributed by atoms with Gasteiger partial charge in [0, 0.05) is 36.8 Å². The second-order valence-corrected chi connectivity index (χ2v) is 8.47. The van der Waals surface area contributed by atoms with Crippen LogP contribution in [0.2, 0.25) is 0 Å². The van der Waals surface area contributed by atoms with Crippen molar-refractivity contribution in [3.63, 3.8) is 0 Å². The minimum absolute atomic E-state index is 0.0860. The first-order chi connectivity index (χ1) is 16.6. The Balaban J connectivity index is 1.57. The van der Waals surface area contributed by atoms with Gasteiger partial charge in [-0.1, -0.05) is 6.07 Å². The second-order valence-electron chi connectivity index (χ2n) is 8.47. The average molecular weight is 453 g/mol. The number of benzene rings is 1. The Morgan fingerprint density at radius 1 is 1.15 bits per heavy atom. The van der Waals surface area contributed by atoms with Crippen molar-refractivity contribution in [2.75, 3.05) is 12.8 Å². The number of methoxy groups -OCH3 is 1. The van der Waals surface area contributed by atoms with E-state index in [-0.39, 0.29) is 6.04 Å². The normalized spacial score (nSPS) is 15.2. The fourth-order valence-corrected chi connectivity index (χ4v) is 4.61. The third-order valence-electron chi connectivity index (χ3n) is 6.26. The van der Waals surface area contributed by atoms with Gasteiger partial charge >= 0.3 is 0 Å². The minimum Gasteiger partial charge on any atom is -0.383 e. The lowest BCUT2D eigenvalue weighted by molar-refractivity contribution is 0.185. The van der Waals surface area contributed by atoms with Crippen LogP contribution in [0.4, 0.5) is 5.82 Å². The summed E-state index contributed by atoms with van der Waals surface area (Å²) in [4.78, 5) is 14.1. The Labute approximate surface area is 196 Å². The summed E-state index contributed by atoms with van der Waals surface area (Å²) in [7, 11) is 1.66. The predicted octanol–water partition coefficient (Wildman–Crippen LogP) is 3.34. The zero-order valence-electron chi connectivity index (χ0n) is 18.7. The number of imidazole rings is 1. The summed E-state index contributed by atoms with van der Waals surface area (Å²) in [5.41, 5.74) is 19.1. The highest BCUT2D eigenvalue weighted by atomic mass is 16.5. The van der Waals surface area contributed by atoms with Crippen molar-refractivity contribution in [3.05, 3.63) is 77.7 Å². The molecular weight excluding hydrogens is 428 g/mol. The third-order valence-corrected chi connectivity index (χ3v) is 6.26. The molecule has 0 fully saturated rings. The number of aryl methyl sites for hydroxylation is 1. The van der Waals surface area contributed by atoms with Crippen LogP contribution < -0.4 is 11.5 Å². The zero-order chi connectivity index (χ0) is 23.2. The van der Waals surface area contributed by atoms with Gasteiger partial charge in [-0.25, -0.2) is 19.6 Å². The summed E-state index contributed by atoms with van der Waals surface area (Å²) in [5, 5.41) is 4.45. The van der Waals surface area contributed by atoms with Crippen molar-refractivity contribution in [1.29, 1.82) is 0 Å². The van der Waals surface area contributed by atoms with Crippen LogP contribution in [0, 0.1) is 0 Å². The molecule has 0 radical (unpaired) electrons. The molecule has 0 spiro atoms. The first-order valence-electron chi connectivity index (χ1n) is 11.1. The van der Waals surface area contributed by atoms with E-state index in [1.54, 1.807) is 24.2 Å². The lowest BCUT2D eigenvalue weighted by Crippen LogP contribution is -2.06. The van der Waals surface area contributed by atoms with Gasteiger partial charge in [0.25, 0.3) is 0 Å². The maximum atomic E-state index is 6.28. The van der Waals surface area contributed by atoms with Gasteiger partial charge in [-0.3, -0.25) is 4.57 Å². The maximum Gasteiger partial charge on any atom is 0.167 e. The molecule has 5 aromatic rings.